The maximum Gasteiger partial charge on any atom is 0.269 e. The molecular formula is C66H66BN3OS. The number of benzene rings is 7. The van der Waals surface area contributed by atoms with Crippen LogP contribution in [0.5, 0.6) is 0 Å². The van der Waals surface area contributed by atoms with E-state index in [1.54, 1.807) is 11.1 Å². The molecule has 4 heterocycles. The summed E-state index contributed by atoms with van der Waals surface area (Å²) >= 11 is 2.02. The molecule has 7 aromatic carbocycles. The van der Waals surface area contributed by atoms with E-state index in [4.69, 9.17) is 4.42 Å². The summed E-state index contributed by atoms with van der Waals surface area (Å²) in [5.41, 5.74) is 20.0. The summed E-state index contributed by atoms with van der Waals surface area (Å²) in [5, 5.41) is 2.55. The number of nitrogens with zero attached hydrogens (tertiary/aromatic N) is 3. The van der Waals surface area contributed by atoms with E-state index >= 15 is 0 Å². The molecule has 0 unspecified atom stereocenters. The van der Waals surface area contributed by atoms with Crippen molar-refractivity contribution in [1.82, 2.24) is 0 Å². The van der Waals surface area contributed by atoms with Crippen molar-refractivity contribution in [3.05, 3.63) is 179 Å². The Hall–Kier alpha value is -6.50. The molecule has 0 N–H and O–H groups in total. The number of rotatable bonds is 5. The molecule has 0 atom stereocenters. The fraction of sp³-hybridized carbons (Fsp3) is 0.303. The summed E-state index contributed by atoms with van der Waals surface area (Å²) in [5.74, 6) is 0.898. The molecule has 4 nitrogen and oxygen atoms in total. The van der Waals surface area contributed by atoms with Crippen molar-refractivity contribution in [3.63, 3.8) is 0 Å². The second-order valence-corrected chi connectivity index (χ2v) is 26.3. The van der Waals surface area contributed by atoms with E-state index in [1.807, 2.05) is 11.3 Å². The molecule has 9 aromatic rings. The van der Waals surface area contributed by atoms with E-state index in [0.717, 1.165) is 39.9 Å². The highest BCUT2D eigenvalue weighted by atomic mass is 32.1. The Kier molecular flexibility index (Phi) is 9.77. The van der Waals surface area contributed by atoms with Crippen LogP contribution in [0.3, 0.4) is 0 Å². The largest absolute Gasteiger partial charge is 0.440 e. The van der Waals surface area contributed by atoms with Crippen LogP contribution < -0.4 is 30.4 Å². The fourth-order valence-corrected chi connectivity index (χ4v) is 14.2. The van der Waals surface area contributed by atoms with Crippen LogP contribution in [0, 0.1) is 0 Å². The zero-order valence-electron chi connectivity index (χ0n) is 44.0. The summed E-state index contributed by atoms with van der Waals surface area (Å²) in [6.45, 7) is 25.8. The third kappa shape index (κ3) is 6.84. The maximum absolute atomic E-state index is 7.44. The van der Waals surface area contributed by atoms with E-state index in [0.29, 0.717) is 0 Å². The fourth-order valence-electron chi connectivity index (χ4n) is 12.9. The molecule has 360 valence electrons. The van der Waals surface area contributed by atoms with E-state index in [1.165, 1.54) is 90.6 Å². The molecular weight excluding hydrogens is 894 g/mol. The van der Waals surface area contributed by atoms with E-state index in [-0.39, 0.29) is 33.8 Å². The summed E-state index contributed by atoms with van der Waals surface area (Å²) < 4.78 is 10.2. The average Bonchev–Trinajstić information content (AvgIpc) is 3.92. The number of thiophene rings is 1. The lowest BCUT2D eigenvalue weighted by molar-refractivity contribution is 0.188. The van der Waals surface area contributed by atoms with Gasteiger partial charge in [0.2, 0.25) is 5.88 Å². The Morgan fingerprint density at radius 1 is 0.500 bits per heavy atom. The molecule has 0 radical (unpaired) electrons. The van der Waals surface area contributed by atoms with Crippen LogP contribution in [0.1, 0.15) is 130 Å². The van der Waals surface area contributed by atoms with Gasteiger partial charge in [-0.3, -0.25) is 4.90 Å². The van der Waals surface area contributed by atoms with Gasteiger partial charge in [-0.25, -0.2) is 0 Å². The molecule has 2 aliphatic heterocycles. The van der Waals surface area contributed by atoms with Crippen LogP contribution >= 0.6 is 11.3 Å². The average molecular weight is 960 g/mol. The van der Waals surface area contributed by atoms with Crippen molar-refractivity contribution in [2.24, 2.45) is 0 Å². The minimum absolute atomic E-state index is 0.00143. The van der Waals surface area contributed by atoms with Gasteiger partial charge in [-0.2, -0.15) is 0 Å². The molecule has 3 aliphatic carbocycles. The van der Waals surface area contributed by atoms with Gasteiger partial charge in [-0.15, -0.1) is 11.3 Å². The van der Waals surface area contributed by atoms with Gasteiger partial charge in [0.25, 0.3) is 6.71 Å². The van der Waals surface area contributed by atoms with Gasteiger partial charge < -0.3 is 14.2 Å². The first-order valence-corrected chi connectivity index (χ1v) is 27.2. The molecule has 72 heavy (non-hydrogen) atoms. The van der Waals surface area contributed by atoms with Gasteiger partial charge in [0, 0.05) is 59.8 Å². The molecule has 2 aromatic heterocycles. The molecule has 1 saturated carbocycles. The lowest BCUT2D eigenvalue weighted by Gasteiger charge is -2.52. The Morgan fingerprint density at radius 3 is 1.51 bits per heavy atom. The third-order valence-electron chi connectivity index (χ3n) is 17.3. The van der Waals surface area contributed by atoms with Gasteiger partial charge in [-0.05, 0) is 171 Å². The van der Waals surface area contributed by atoms with Crippen LogP contribution in [-0.4, -0.2) is 6.71 Å². The van der Waals surface area contributed by atoms with Crippen LogP contribution in [0.4, 0.5) is 51.4 Å². The highest BCUT2D eigenvalue weighted by molar-refractivity contribution is 7.34. The van der Waals surface area contributed by atoms with E-state index in [2.05, 4.69) is 243 Å². The number of para-hydroxylation sites is 2. The summed E-state index contributed by atoms with van der Waals surface area (Å²) in [6.07, 6.45) is 5.00. The van der Waals surface area contributed by atoms with Crippen LogP contribution in [0.2, 0.25) is 0 Å². The smallest absolute Gasteiger partial charge is 0.269 e. The third-order valence-corrected chi connectivity index (χ3v) is 18.5. The Bertz CT molecular complexity index is 3570. The number of fused-ring (bicyclic) bond motifs is 10. The number of furan rings is 1. The molecule has 0 saturated heterocycles. The van der Waals surface area contributed by atoms with Crippen molar-refractivity contribution in [2.75, 3.05) is 14.7 Å². The molecule has 5 aliphatic rings. The van der Waals surface area contributed by atoms with Crippen molar-refractivity contribution in [1.29, 1.82) is 0 Å². The topological polar surface area (TPSA) is 22.9 Å². The lowest BCUT2D eigenvalue weighted by Crippen LogP contribution is -2.60. The van der Waals surface area contributed by atoms with Crippen LogP contribution in [-0.2, 0) is 27.1 Å². The van der Waals surface area contributed by atoms with E-state index < -0.39 is 0 Å². The van der Waals surface area contributed by atoms with Crippen molar-refractivity contribution >= 4 is 106 Å². The van der Waals surface area contributed by atoms with Crippen molar-refractivity contribution < 1.29 is 4.42 Å². The van der Waals surface area contributed by atoms with Gasteiger partial charge in [0.15, 0.2) is 0 Å². The monoisotopic (exact) mass is 960 g/mol. The maximum atomic E-state index is 7.44. The van der Waals surface area contributed by atoms with Crippen LogP contribution in [0.15, 0.2) is 156 Å². The Labute approximate surface area is 431 Å². The number of hydrogen-bond acceptors (Lipinski definition) is 5. The number of anilines is 9. The molecule has 2 bridgehead atoms. The molecule has 14 rings (SSSR count). The highest BCUT2D eigenvalue weighted by Crippen LogP contribution is 2.59. The predicted octanol–water partition coefficient (Wildman–Crippen LogP) is 17.2. The molecule has 6 heteroatoms. The highest BCUT2D eigenvalue weighted by Gasteiger charge is 2.51. The predicted molar refractivity (Wildman–Crippen MR) is 310 cm³/mol. The standard InChI is InChI=1S/C66H66BN3OS/c1-62(2,3)41-22-27-46(28-23-41)69-53-37-48(68(44-18-14-12-15-19-44)45-20-16-13-17-21-45)38-54-58(53)67(60-59(69)50-39-51-52(40-56(50)72-60)66(11)34-32-65(51,10)33-35-66)57-49-36-43(64(7,8)9)26-31-55(49)71-61(57)70(54)47-29-24-42(25-30-47)63(4,5)6/h12-31,36-40H,32-35H2,1-11H3. The quantitative estimate of drug-likeness (QED) is 0.160. The lowest BCUT2D eigenvalue weighted by atomic mass is 9.36. The summed E-state index contributed by atoms with van der Waals surface area (Å²) in [4.78, 5) is 7.57. The van der Waals surface area contributed by atoms with Crippen molar-refractivity contribution in [2.45, 2.75) is 129 Å². The van der Waals surface area contributed by atoms with Gasteiger partial charge in [0.05, 0.1) is 11.4 Å². The van der Waals surface area contributed by atoms with Gasteiger partial charge >= 0.3 is 0 Å². The molecule has 1 fully saturated rings. The number of hydrogen-bond donors (Lipinski definition) is 0. The summed E-state index contributed by atoms with van der Waals surface area (Å²) in [7, 11) is 0. The van der Waals surface area contributed by atoms with Crippen LogP contribution in [0.25, 0.3) is 21.1 Å². The van der Waals surface area contributed by atoms with E-state index in [9.17, 15) is 0 Å². The molecule has 0 amide bonds. The Morgan fingerprint density at radius 2 is 0.986 bits per heavy atom. The second-order valence-electron chi connectivity index (χ2n) is 25.2. The minimum Gasteiger partial charge on any atom is -0.440 e. The summed E-state index contributed by atoms with van der Waals surface area (Å²) in [6, 6.07) is 57.8. The normalized spacial score (nSPS) is 19.1. The SMILES string of the molecule is CC(C)(C)c1ccc(N2c3cc(N(c4ccccc4)c4ccccc4)cc4c3B(c3sc5cc6c(cc5c3N4c3ccc(C(C)(C)C)cc3)C3(C)CCC6(C)CC3)c3c2oc2ccc(C(C)(C)C)cc32)cc1. The first-order chi connectivity index (χ1) is 34.3. The van der Waals surface area contributed by atoms with Gasteiger partial charge in [0.1, 0.15) is 5.58 Å². The minimum atomic E-state index is -0.0973. The first kappa shape index (κ1) is 45.4. The molecule has 0 spiro atoms. The van der Waals surface area contributed by atoms with Crippen molar-refractivity contribution in [3.8, 4) is 0 Å². The van der Waals surface area contributed by atoms with Gasteiger partial charge in [-0.1, -0.05) is 143 Å². The zero-order chi connectivity index (χ0) is 49.9. The zero-order valence-corrected chi connectivity index (χ0v) is 44.8. The first-order valence-electron chi connectivity index (χ1n) is 26.4. The Balaban J connectivity index is 1.19. The second kappa shape index (κ2) is 15.5.